The summed E-state index contributed by atoms with van der Waals surface area (Å²) in [5.41, 5.74) is 5.78. The van der Waals surface area contributed by atoms with Gasteiger partial charge in [-0.2, -0.15) is 0 Å². The first-order valence-electron chi connectivity index (χ1n) is 13.8. The van der Waals surface area contributed by atoms with E-state index in [1.807, 2.05) is 0 Å². The van der Waals surface area contributed by atoms with Crippen molar-refractivity contribution in [2.24, 2.45) is 23.7 Å². The number of rotatable bonds is 5. The fourth-order valence-electron chi connectivity index (χ4n) is 9.61. The largest absolute Gasteiger partial charge is 0.393 e. The Kier molecular flexibility index (Phi) is 5.74. The third kappa shape index (κ3) is 3.24. The van der Waals surface area contributed by atoms with Gasteiger partial charge in [0.15, 0.2) is 0 Å². The minimum absolute atomic E-state index is 0.0666. The molecule has 8 atom stereocenters. The Hall–Kier alpha value is -1.24. The molecule has 34 heavy (non-hydrogen) atoms. The van der Waals surface area contributed by atoms with Gasteiger partial charge in [0, 0.05) is 24.0 Å². The van der Waals surface area contributed by atoms with E-state index >= 15 is 0 Å². The van der Waals surface area contributed by atoms with Crippen LogP contribution in [0, 0.1) is 23.7 Å². The van der Waals surface area contributed by atoms with Crippen LogP contribution < -0.4 is 10.7 Å². The van der Waals surface area contributed by atoms with Crippen molar-refractivity contribution >= 4 is 0 Å². The van der Waals surface area contributed by atoms with Gasteiger partial charge < -0.3 is 15.5 Å². The number of aliphatic hydroxyl groups excluding tert-OH is 1. The first kappa shape index (κ1) is 23.2. The van der Waals surface area contributed by atoms with Gasteiger partial charge in [0.05, 0.1) is 6.10 Å². The second kappa shape index (κ2) is 8.41. The maximum Gasteiger partial charge on any atom is 0.133 e. The Balaban J connectivity index is 1.24. The highest BCUT2D eigenvalue weighted by Crippen LogP contribution is 2.65. The monoisotopic (exact) mass is 465 g/mol. The van der Waals surface area contributed by atoms with Crippen molar-refractivity contribution in [1.29, 1.82) is 0 Å². The fraction of sp³-hybridized carbons (Fsp3) is 0.724. The molecule has 186 valence electrons. The maximum atomic E-state index is 11.9. The summed E-state index contributed by atoms with van der Waals surface area (Å²) in [5.74, 6) is 2.21. The van der Waals surface area contributed by atoms with Crippen LogP contribution in [0.2, 0.25) is 0 Å². The molecule has 5 heteroatoms. The average Bonchev–Trinajstić information content (AvgIpc) is 3.34. The summed E-state index contributed by atoms with van der Waals surface area (Å²) in [5, 5.41) is 28.5. The number of aryl methyl sites for hydroxylation is 1. The molecule has 6 rings (SSSR count). The Morgan fingerprint density at radius 2 is 1.91 bits per heavy atom. The quantitative estimate of drug-likeness (QED) is 0.499. The number of aliphatic hydroxyl groups is 2. The number of allylic oxidation sites excluding steroid dienone is 1. The second-order valence-corrected chi connectivity index (χ2v) is 12.1. The Morgan fingerprint density at radius 1 is 1.09 bits per heavy atom. The van der Waals surface area contributed by atoms with Gasteiger partial charge in [-0.15, -0.1) is 0 Å². The highest BCUT2D eigenvalue weighted by Gasteiger charge is 2.69. The molecule has 5 nitrogen and oxygen atoms in total. The molecule has 1 heterocycles. The first-order chi connectivity index (χ1) is 16.4. The molecule has 0 bridgehead atoms. The molecule has 1 aromatic carbocycles. The summed E-state index contributed by atoms with van der Waals surface area (Å²) in [7, 11) is 4.35. The molecule has 1 saturated heterocycles. The third-order valence-electron chi connectivity index (χ3n) is 10.9. The van der Waals surface area contributed by atoms with Gasteiger partial charge in [-0.05, 0) is 101 Å². The number of benzene rings is 1. The zero-order valence-electron chi connectivity index (χ0n) is 21.0. The van der Waals surface area contributed by atoms with Crippen LogP contribution in [0.3, 0.4) is 0 Å². The third-order valence-corrected chi connectivity index (χ3v) is 10.9. The Bertz CT molecular complexity index is 937. The lowest BCUT2D eigenvalue weighted by Gasteiger charge is -2.59. The number of nitrogens with zero attached hydrogens (tertiary/aromatic N) is 1. The highest BCUT2D eigenvalue weighted by molar-refractivity contribution is 5.32. The van der Waals surface area contributed by atoms with Crippen LogP contribution in [0.25, 0.3) is 0 Å². The predicted molar refractivity (Wildman–Crippen MR) is 135 cm³/mol. The van der Waals surface area contributed by atoms with Crippen LogP contribution >= 0.6 is 0 Å². The van der Waals surface area contributed by atoms with Gasteiger partial charge in [0.2, 0.25) is 0 Å². The van der Waals surface area contributed by atoms with Crippen LogP contribution in [0.4, 0.5) is 0 Å². The van der Waals surface area contributed by atoms with Gasteiger partial charge >= 0.3 is 0 Å². The fourth-order valence-corrected chi connectivity index (χ4v) is 9.61. The van der Waals surface area contributed by atoms with Crippen LogP contribution in [-0.4, -0.2) is 52.2 Å². The van der Waals surface area contributed by atoms with Crippen molar-refractivity contribution in [2.45, 2.75) is 93.5 Å². The SMILES string of the molecule is CNC12CCC(O)CC1=CCC1C2CCC23C1CCC2C(O)(CCCc1ccccc1)NN3C. The van der Waals surface area contributed by atoms with E-state index in [4.69, 9.17) is 0 Å². The lowest BCUT2D eigenvalue weighted by atomic mass is 9.51. The van der Waals surface area contributed by atoms with Crippen LogP contribution in [0.1, 0.15) is 69.8 Å². The van der Waals surface area contributed by atoms with E-state index in [1.165, 1.54) is 24.0 Å². The zero-order valence-corrected chi connectivity index (χ0v) is 21.0. The number of hydrogen-bond acceptors (Lipinski definition) is 5. The molecular formula is C29H43N3O2. The Morgan fingerprint density at radius 3 is 2.71 bits per heavy atom. The van der Waals surface area contributed by atoms with Gasteiger partial charge in [0.25, 0.3) is 0 Å². The summed E-state index contributed by atoms with van der Waals surface area (Å²) in [6, 6.07) is 10.7. The van der Waals surface area contributed by atoms with Crippen molar-refractivity contribution in [2.75, 3.05) is 14.1 Å². The molecule has 8 unspecified atom stereocenters. The predicted octanol–water partition coefficient (Wildman–Crippen LogP) is 3.77. The van der Waals surface area contributed by atoms with Gasteiger partial charge in [-0.25, -0.2) is 10.4 Å². The minimum atomic E-state index is -0.795. The number of nitrogens with one attached hydrogen (secondary N) is 2. The number of fused-ring (bicyclic) bond motifs is 4. The Labute approximate surface area is 205 Å². The molecule has 4 fully saturated rings. The number of hydrogen-bond donors (Lipinski definition) is 4. The van der Waals surface area contributed by atoms with E-state index in [9.17, 15) is 10.2 Å². The molecular weight excluding hydrogens is 422 g/mol. The van der Waals surface area contributed by atoms with E-state index in [-0.39, 0.29) is 17.2 Å². The van der Waals surface area contributed by atoms with E-state index in [1.54, 1.807) is 0 Å². The molecule has 3 saturated carbocycles. The smallest absolute Gasteiger partial charge is 0.133 e. The molecule has 5 aliphatic rings. The van der Waals surface area contributed by atoms with Crippen molar-refractivity contribution < 1.29 is 10.2 Å². The average molecular weight is 466 g/mol. The van der Waals surface area contributed by atoms with Crippen molar-refractivity contribution in [3.05, 3.63) is 47.5 Å². The van der Waals surface area contributed by atoms with Crippen LogP contribution in [-0.2, 0) is 6.42 Å². The first-order valence-corrected chi connectivity index (χ1v) is 13.8. The molecule has 0 radical (unpaired) electrons. The second-order valence-electron chi connectivity index (χ2n) is 12.1. The van der Waals surface area contributed by atoms with Gasteiger partial charge in [0.1, 0.15) is 5.72 Å². The minimum Gasteiger partial charge on any atom is -0.393 e. The summed E-state index contributed by atoms with van der Waals surface area (Å²) in [6.07, 6.45) is 13.8. The van der Waals surface area contributed by atoms with Gasteiger partial charge in [-0.1, -0.05) is 42.0 Å². The van der Waals surface area contributed by atoms with E-state index < -0.39 is 5.72 Å². The van der Waals surface area contributed by atoms with E-state index in [0.29, 0.717) is 23.7 Å². The maximum absolute atomic E-state index is 11.9. The molecule has 1 aromatic rings. The van der Waals surface area contributed by atoms with E-state index in [0.717, 1.165) is 57.8 Å². The van der Waals surface area contributed by atoms with Crippen molar-refractivity contribution in [3.63, 3.8) is 0 Å². The topological polar surface area (TPSA) is 67.8 Å². The summed E-state index contributed by atoms with van der Waals surface area (Å²) in [4.78, 5) is 0. The lowest BCUT2D eigenvalue weighted by molar-refractivity contribution is -0.0569. The van der Waals surface area contributed by atoms with Crippen molar-refractivity contribution in [3.8, 4) is 0 Å². The van der Waals surface area contributed by atoms with E-state index in [2.05, 4.69) is 66.3 Å². The van der Waals surface area contributed by atoms with Crippen LogP contribution in [0.5, 0.6) is 0 Å². The van der Waals surface area contributed by atoms with Gasteiger partial charge in [-0.3, -0.25) is 0 Å². The summed E-state index contributed by atoms with van der Waals surface area (Å²) < 4.78 is 0. The zero-order chi connectivity index (χ0) is 23.6. The normalized spacial score (nSPS) is 45.8. The molecule has 0 aromatic heterocycles. The summed E-state index contributed by atoms with van der Waals surface area (Å²) in [6.45, 7) is 0. The number of hydrazine groups is 1. The van der Waals surface area contributed by atoms with Crippen LogP contribution in [0.15, 0.2) is 42.0 Å². The standard InChI is InChI=1S/C29H43N3O2/c1-30-27-17-14-22(33)19-21(27)10-11-23-24(27)15-18-28-25(23)12-13-26(28)29(34,31-32(28)2)16-6-9-20-7-4-3-5-8-20/h3-5,7-8,10,22-26,30-31,33-34H,6,9,11-19H2,1-2H3. The molecule has 1 aliphatic heterocycles. The van der Waals surface area contributed by atoms with Crippen molar-refractivity contribution in [1.82, 2.24) is 15.8 Å². The molecule has 4 N–H and O–H groups in total. The lowest BCUT2D eigenvalue weighted by Crippen LogP contribution is -2.64. The molecule has 4 aliphatic carbocycles. The molecule has 0 amide bonds. The molecule has 1 spiro atoms. The highest BCUT2D eigenvalue weighted by atomic mass is 16.3. The number of likely N-dealkylation sites (N-methyl/N-ethyl adjacent to an activating group) is 1. The summed E-state index contributed by atoms with van der Waals surface area (Å²) >= 11 is 0.